The topological polar surface area (TPSA) is 82.5 Å². The number of alkyl halides is 3. The highest BCUT2D eigenvalue weighted by Gasteiger charge is 2.43. The number of benzene rings is 1. The van der Waals surface area contributed by atoms with Gasteiger partial charge >= 0.3 is 6.18 Å². The van der Waals surface area contributed by atoms with Crippen molar-refractivity contribution in [1.82, 2.24) is 10.3 Å². The van der Waals surface area contributed by atoms with Gasteiger partial charge in [-0.05, 0) is 37.1 Å². The molecule has 1 aromatic heterocycles. The molecule has 2 aliphatic rings. The molecular weight excluding hydrogens is 419 g/mol. The maximum atomic E-state index is 12.6. The number of pyridine rings is 1. The third-order valence-electron chi connectivity index (χ3n) is 5.32. The fraction of sp³-hybridized carbons (Fsp3) is 0.450. The van der Waals surface area contributed by atoms with Crippen LogP contribution >= 0.6 is 0 Å². The Balaban J connectivity index is 0.000000199. The molecule has 10 heteroatoms. The normalized spacial score (nSPS) is 19.8. The molecule has 0 saturated carbocycles. The number of hydrogen-bond donors (Lipinski definition) is 2. The van der Waals surface area contributed by atoms with Crippen molar-refractivity contribution in [3.05, 3.63) is 53.7 Å². The molecule has 3 heterocycles. The van der Waals surface area contributed by atoms with Gasteiger partial charge < -0.3 is 10.2 Å². The predicted molar refractivity (Wildman–Crippen MR) is 107 cm³/mol. The van der Waals surface area contributed by atoms with E-state index in [1.165, 1.54) is 12.1 Å². The van der Waals surface area contributed by atoms with Crippen molar-refractivity contribution in [3.63, 3.8) is 0 Å². The van der Waals surface area contributed by atoms with Crippen molar-refractivity contribution >= 4 is 15.9 Å². The molecule has 0 spiro atoms. The number of nitrogens with zero attached hydrogens (tertiary/aromatic N) is 2. The molecule has 30 heavy (non-hydrogen) atoms. The van der Waals surface area contributed by atoms with Crippen molar-refractivity contribution in [2.45, 2.75) is 30.3 Å². The molecular formula is C20H24F3N3O3S. The Morgan fingerprint density at radius 3 is 2.23 bits per heavy atom. The van der Waals surface area contributed by atoms with Crippen LogP contribution in [0.5, 0.6) is 0 Å². The molecule has 2 aliphatic heterocycles. The van der Waals surface area contributed by atoms with Gasteiger partial charge in [0.25, 0.3) is 10.1 Å². The number of anilines is 1. The molecule has 2 fully saturated rings. The molecule has 164 valence electrons. The van der Waals surface area contributed by atoms with Crippen molar-refractivity contribution in [1.29, 1.82) is 0 Å². The average molecular weight is 443 g/mol. The first kappa shape index (κ1) is 22.5. The molecule has 0 radical (unpaired) electrons. The molecule has 0 amide bonds. The van der Waals surface area contributed by atoms with Crippen LogP contribution in [0.25, 0.3) is 0 Å². The molecule has 1 aromatic carbocycles. The number of aryl methyl sites for hydroxylation is 1. The highest BCUT2D eigenvalue weighted by molar-refractivity contribution is 7.85. The first-order chi connectivity index (χ1) is 14.0. The Kier molecular flexibility index (Phi) is 6.68. The fourth-order valence-corrected chi connectivity index (χ4v) is 3.78. The summed E-state index contributed by atoms with van der Waals surface area (Å²) >= 11 is 0. The van der Waals surface area contributed by atoms with Gasteiger partial charge in [-0.1, -0.05) is 23.8 Å². The van der Waals surface area contributed by atoms with E-state index in [0.29, 0.717) is 18.3 Å². The van der Waals surface area contributed by atoms with E-state index >= 15 is 0 Å². The minimum absolute atomic E-state index is 0.0286. The third kappa shape index (κ3) is 5.71. The maximum absolute atomic E-state index is 12.6. The summed E-state index contributed by atoms with van der Waals surface area (Å²) in [6, 6.07) is 9.81. The van der Waals surface area contributed by atoms with Crippen LogP contribution in [0.3, 0.4) is 0 Å². The van der Waals surface area contributed by atoms with E-state index in [1.54, 1.807) is 23.2 Å². The lowest BCUT2D eigenvalue weighted by atomic mass is 9.95. The van der Waals surface area contributed by atoms with Gasteiger partial charge in [0.2, 0.25) is 0 Å². The summed E-state index contributed by atoms with van der Waals surface area (Å²) in [6.07, 6.45) is -2.13. The predicted octanol–water partition coefficient (Wildman–Crippen LogP) is 3.40. The van der Waals surface area contributed by atoms with Crippen molar-refractivity contribution in [2.24, 2.45) is 5.92 Å². The lowest BCUT2D eigenvalue weighted by Gasteiger charge is -2.27. The number of aromatic nitrogens is 1. The van der Waals surface area contributed by atoms with Crippen molar-refractivity contribution in [3.8, 4) is 0 Å². The van der Waals surface area contributed by atoms with Crippen LogP contribution in [-0.2, 0) is 10.1 Å². The molecule has 6 nitrogen and oxygen atoms in total. The largest absolute Gasteiger partial charge is 0.393 e. The molecule has 0 bridgehead atoms. The number of hydrogen-bond acceptors (Lipinski definition) is 5. The first-order valence-electron chi connectivity index (χ1n) is 9.56. The first-order valence-corrected chi connectivity index (χ1v) is 11.0. The van der Waals surface area contributed by atoms with Gasteiger partial charge in [0.15, 0.2) is 0 Å². The van der Waals surface area contributed by atoms with E-state index in [-0.39, 0.29) is 17.9 Å². The van der Waals surface area contributed by atoms with Gasteiger partial charge in [-0.15, -0.1) is 0 Å². The number of rotatable bonds is 3. The monoisotopic (exact) mass is 443 g/mol. The summed E-state index contributed by atoms with van der Waals surface area (Å²) in [6.45, 7) is 4.22. The zero-order valence-corrected chi connectivity index (χ0v) is 17.2. The van der Waals surface area contributed by atoms with Gasteiger partial charge in [0, 0.05) is 38.3 Å². The summed E-state index contributed by atoms with van der Waals surface area (Å²) in [4.78, 5) is 5.97. The van der Waals surface area contributed by atoms with Crippen LogP contribution in [0, 0.1) is 12.8 Å². The highest BCUT2D eigenvalue weighted by atomic mass is 32.2. The Labute approximate surface area is 173 Å². The molecule has 2 N–H and O–H groups in total. The molecule has 0 aliphatic carbocycles. The zero-order chi connectivity index (χ0) is 21.9. The maximum Gasteiger partial charge on any atom is 0.393 e. The molecule has 2 saturated heterocycles. The van der Waals surface area contributed by atoms with Gasteiger partial charge in [-0.25, -0.2) is 4.98 Å². The van der Waals surface area contributed by atoms with Crippen LogP contribution in [0.4, 0.5) is 19.0 Å². The van der Waals surface area contributed by atoms with Crippen LogP contribution in [0.2, 0.25) is 0 Å². The second kappa shape index (κ2) is 8.91. The Bertz CT molecular complexity index is 944. The average Bonchev–Trinajstić information content (AvgIpc) is 3.12. The SMILES string of the molecule is Cc1ccc(S(=O)(=O)O)cc1.FC(F)(F)[C@@H]1CCN(c2ccc(C3CNC3)cn2)C1. The van der Waals surface area contributed by atoms with Gasteiger partial charge in [0.05, 0.1) is 10.8 Å². The highest BCUT2D eigenvalue weighted by Crippen LogP contribution is 2.35. The molecule has 4 rings (SSSR count). The zero-order valence-electron chi connectivity index (χ0n) is 16.4. The smallest absolute Gasteiger partial charge is 0.356 e. The molecule has 1 atom stereocenters. The van der Waals surface area contributed by atoms with E-state index in [4.69, 9.17) is 4.55 Å². The quantitative estimate of drug-likeness (QED) is 0.708. The van der Waals surface area contributed by atoms with Crippen LogP contribution in [0.15, 0.2) is 47.5 Å². The van der Waals surface area contributed by atoms with Crippen LogP contribution < -0.4 is 10.2 Å². The van der Waals surface area contributed by atoms with Gasteiger partial charge in [-0.2, -0.15) is 21.6 Å². The Hall–Kier alpha value is -2.17. The van der Waals surface area contributed by atoms with Crippen LogP contribution in [0.1, 0.15) is 23.5 Å². The number of halogens is 3. The molecule has 0 unspecified atom stereocenters. The second-order valence-corrected chi connectivity index (χ2v) is 8.99. The second-order valence-electron chi connectivity index (χ2n) is 7.57. The lowest BCUT2D eigenvalue weighted by Crippen LogP contribution is -2.39. The minimum atomic E-state index is -4.09. The van der Waals surface area contributed by atoms with Crippen molar-refractivity contribution in [2.75, 3.05) is 31.1 Å². The van der Waals surface area contributed by atoms with Crippen molar-refractivity contribution < 1.29 is 26.1 Å². The molecule has 2 aromatic rings. The summed E-state index contributed by atoms with van der Waals surface area (Å²) in [5.41, 5.74) is 2.12. The van der Waals surface area contributed by atoms with E-state index in [2.05, 4.69) is 10.3 Å². The summed E-state index contributed by atoms with van der Waals surface area (Å²) in [5.74, 6) is -0.0596. The van der Waals surface area contributed by atoms with E-state index < -0.39 is 22.2 Å². The summed E-state index contributed by atoms with van der Waals surface area (Å²) in [5, 5.41) is 3.19. The lowest BCUT2D eigenvalue weighted by molar-refractivity contribution is -0.168. The summed E-state index contributed by atoms with van der Waals surface area (Å²) < 4.78 is 67.4. The van der Waals surface area contributed by atoms with Gasteiger partial charge in [0.1, 0.15) is 5.82 Å². The Morgan fingerprint density at radius 1 is 1.13 bits per heavy atom. The Morgan fingerprint density at radius 2 is 1.80 bits per heavy atom. The van der Waals surface area contributed by atoms with E-state index in [9.17, 15) is 21.6 Å². The van der Waals surface area contributed by atoms with Crippen LogP contribution in [-0.4, -0.2) is 50.3 Å². The minimum Gasteiger partial charge on any atom is -0.356 e. The summed E-state index contributed by atoms with van der Waals surface area (Å²) in [7, 11) is -4.02. The van der Waals surface area contributed by atoms with E-state index in [1.807, 2.05) is 19.1 Å². The van der Waals surface area contributed by atoms with E-state index in [0.717, 1.165) is 24.2 Å². The standard InChI is InChI=1S/C13H16F3N3.C7H8O3S/c14-13(15,16)11-3-4-19(8-11)12-2-1-9(7-18-12)10-5-17-6-10;1-6-2-4-7(5-3-6)11(8,9)10/h1-2,7,10-11,17H,3-6,8H2;2-5H,1H3,(H,8,9,10)/t11-;/m1./s1. The van der Waals surface area contributed by atoms with Gasteiger partial charge in [-0.3, -0.25) is 4.55 Å². The number of nitrogens with one attached hydrogen (secondary N) is 1. The fourth-order valence-electron chi connectivity index (χ4n) is 3.30. The third-order valence-corrected chi connectivity index (χ3v) is 6.19.